The summed E-state index contributed by atoms with van der Waals surface area (Å²) in [5.41, 5.74) is 9.44. The Morgan fingerprint density at radius 2 is 1.44 bits per heavy atom. The number of phenols is 1. The quantitative estimate of drug-likeness (QED) is 0.174. The average molecular weight is 596 g/mol. The van der Waals surface area contributed by atoms with Crippen LogP contribution in [-0.4, -0.2) is 15.1 Å². The van der Waals surface area contributed by atoms with Crippen molar-refractivity contribution in [1.29, 1.82) is 0 Å². The summed E-state index contributed by atoms with van der Waals surface area (Å²) in [6, 6.07) is 33.8. The van der Waals surface area contributed by atoms with Crippen molar-refractivity contribution in [3.05, 3.63) is 120 Å². The van der Waals surface area contributed by atoms with Gasteiger partial charge in [0.2, 0.25) is 0 Å². The van der Waals surface area contributed by atoms with Crippen LogP contribution in [0.4, 0.5) is 17.2 Å². The minimum atomic E-state index is -0.114. The molecule has 0 unspecified atom stereocenters. The van der Waals surface area contributed by atoms with Crippen LogP contribution in [0.15, 0.2) is 103 Å². The molecule has 3 aromatic carbocycles. The van der Waals surface area contributed by atoms with Crippen LogP contribution in [0.2, 0.25) is 0 Å². The van der Waals surface area contributed by atoms with Crippen molar-refractivity contribution in [2.24, 2.45) is 0 Å². The highest BCUT2D eigenvalue weighted by atomic mass is 16.3. The third-order valence-corrected chi connectivity index (χ3v) is 9.38. The standard InChI is InChI=1S/C41H45N3O/c1-6-8-24-41(25-9-7-2)33-19-14-20-36(45)38(33)39-34(41)21-22-35(43-39)29-15-13-18-32(27-29)44(31-16-11-10-12-17-31)37-28-30(23-26-42-37)40(3,4)5/h10-23,26-28,45H,6-9,24-25H2,1-5H3. The lowest BCUT2D eigenvalue weighted by molar-refractivity contribution is 0.412. The van der Waals surface area contributed by atoms with Crippen LogP contribution < -0.4 is 4.90 Å². The Kier molecular flexibility index (Phi) is 8.50. The molecule has 2 aromatic heterocycles. The van der Waals surface area contributed by atoms with Gasteiger partial charge in [-0.15, -0.1) is 0 Å². The van der Waals surface area contributed by atoms with Gasteiger partial charge in [-0.1, -0.05) is 109 Å². The van der Waals surface area contributed by atoms with Crippen molar-refractivity contribution in [1.82, 2.24) is 9.97 Å². The van der Waals surface area contributed by atoms with Crippen molar-refractivity contribution in [3.8, 4) is 28.3 Å². The molecule has 0 saturated heterocycles. The van der Waals surface area contributed by atoms with Gasteiger partial charge >= 0.3 is 0 Å². The lowest BCUT2D eigenvalue weighted by Crippen LogP contribution is -2.25. The molecule has 0 aliphatic heterocycles. The molecule has 0 fully saturated rings. The third kappa shape index (κ3) is 5.75. The number of aromatic hydroxyl groups is 1. The van der Waals surface area contributed by atoms with E-state index in [1.165, 1.54) is 16.7 Å². The van der Waals surface area contributed by atoms with E-state index in [0.717, 1.165) is 78.2 Å². The van der Waals surface area contributed by atoms with E-state index in [2.05, 4.69) is 118 Å². The van der Waals surface area contributed by atoms with Gasteiger partial charge < -0.3 is 5.11 Å². The van der Waals surface area contributed by atoms with Gasteiger partial charge in [0.1, 0.15) is 11.6 Å². The molecule has 1 aliphatic carbocycles. The number of anilines is 3. The van der Waals surface area contributed by atoms with E-state index in [1.54, 1.807) is 0 Å². The van der Waals surface area contributed by atoms with Crippen LogP contribution in [0.1, 0.15) is 89.8 Å². The summed E-state index contributed by atoms with van der Waals surface area (Å²) in [5, 5.41) is 11.2. The number of para-hydroxylation sites is 1. The van der Waals surface area contributed by atoms with Crippen LogP contribution >= 0.6 is 0 Å². The first-order chi connectivity index (χ1) is 21.8. The number of rotatable bonds is 10. The highest BCUT2D eigenvalue weighted by molar-refractivity contribution is 5.85. The predicted molar refractivity (Wildman–Crippen MR) is 188 cm³/mol. The Hall–Kier alpha value is -4.44. The first kappa shape index (κ1) is 30.6. The summed E-state index contributed by atoms with van der Waals surface area (Å²) in [6.45, 7) is 11.2. The number of unbranched alkanes of at least 4 members (excludes halogenated alkanes) is 2. The molecule has 6 rings (SSSR count). The SMILES string of the molecule is CCCCC1(CCCC)c2ccc(-c3cccc(N(c4ccccc4)c4cc(C(C)(C)C)ccn4)c3)nc2-c2c(O)cccc21. The number of hydrogen-bond acceptors (Lipinski definition) is 4. The monoisotopic (exact) mass is 595 g/mol. The van der Waals surface area contributed by atoms with E-state index in [0.29, 0.717) is 5.75 Å². The molecule has 4 nitrogen and oxygen atoms in total. The van der Waals surface area contributed by atoms with E-state index in [4.69, 9.17) is 9.97 Å². The van der Waals surface area contributed by atoms with Gasteiger partial charge in [-0.25, -0.2) is 9.97 Å². The molecule has 0 atom stereocenters. The van der Waals surface area contributed by atoms with Gasteiger partial charge in [-0.2, -0.15) is 0 Å². The zero-order chi connectivity index (χ0) is 31.6. The molecule has 0 spiro atoms. The van der Waals surface area contributed by atoms with E-state index >= 15 is 0 Å². The number of phenolic OH excluding ortho intramolecular Hbond substituents is 1. The number of benzene rings is 3. The Morgan fingerprint density at radius 1 is 0.733 bits per heavy atom. The van der Waals surface area contributed by atoms with Crippen molar-refractivity contribution < 1.29 is 5.11 Å². The Bertz CT molecular complexity index is 1780. The molecule has 230 valence electrons. The molecule has 0 amide bonds. The molecular formula is C41H45N3O. The summed E-state index contributed by atoms with van der Waals surface area (Å²) in [6.07, 6.45) is 8.60. The molecule has 0 radical (unpaired) electrons. The molecular weight excluding hydrogens is 550 g/mol. The van der Waals surface area contributed by atoms with Crippen molar-refractivity contribution in [3.63, 3.8) is 0 Å². The van der Waals surface area contributed by atoms with Gasteiger partial charge in [0.25, 0.3) is 0 Å². The first-order valence-electron chi connectivity index (χ1n) is 16.5. The van der Waals surface area contributed by atoms with Crippen molar-refractivity contribution in [2.75, 3.05) is 4.90 Å². The summed E-state index contributed by atoms with van der Waals surface area (Å²) in [7, 11) is 0. The second-order valence-corrected chi connectivity index (χ2v) is 13.5. The fourth-order valence-corrected chi connectivity index (χ4v) is 6.95. The molecule has 4 heteroatoms. The highest BCUT2D eigenvalue weighted by Crippen LogP contribution is 2.56. The zero-order valence-electron chi connectivity index (χ0n) is 27.3. The fourth-order valence-electron chi connectivity index (χ4n) is 6.95. The largest absolute Gasteiger partial charge is 0.507 e. The van der Waals surface area contributed by atoms with Crippen LogP contribution in [0, 0.1) is 0 Å². The smallest absolute Gasteiger partial charge is 0.137 e. The van der Waals surface area contributed by atoms with Gasteiger partial charge in [-0.3, -0.25) is 4.90 Å². The average Bonchev–Trinajstić information content (AvgIpc) is 3.33. The van der Waals surface area contributed by atoms with Crippen molar-refractivity contribution >= 4 is 17.2 Å². The second kappa shape index (κ2) is 12.5. The lowest BCUT2D eigenvalue weighted by atomic mass is 9.71. The van der Waals surface area contributed by atoms with Crippen molar-refractivity contribution in [2.45, 2.75) is 84.0 Å². The van der Waals surface area contributed by atoms with Gasteiger partial charge in [-0.05, 0) is 83.5 Å². The second-order valence-electron chi connectivity index (χ2n) is 13.5. The number of fused-ring (bicyclic) bond motifs is 3. The third-order valence-electron chi connectivity index (χ3n) is 9.38. The first-order valence-corrected chi connectivity index (χ1v) is 16.5. The summed E-state index contributed by atoms with van der Waals surface area (Å²) < 4.78 is 0. The normalized spacial score (nSPS) is 13.4. The topological polar surface area (TPSA) is 49.2 Å². The summed E-state index contributed by atoms with van der Waals surface area (Å²) in [4.78, 5) is 12.4. The van der Waals surface area contributed by atoms with E-state index < -0.39 is 0 Å². The molecule has 45 heavy (non-hydrogen) atoms. The maximum Gasteiger partial charge on any atom is 0.137 e. The Morgan fingerprint density at radius 3 is 2.16 bits per heavy atom. The van der Waals surface area contributed by atoms with Gasteiger partial charge in [0, 0.05) is 34.1 Å². The highest BCUT2D eigenvalue weighted by Gasteiger charge is 2.44. The summed E-state index contributed by atoms with van der Waals surface area (Å²) in [5.74, 6) is 1.20. The Labute approximate surface area is 268 Å². The van der Waals surface area contributed by atoms with E-state index in [9.17, 15) is 5.11 Å². The maximum atomic E-state index is 11.2. The number of aromatic nitrogens is 2. The van der Waals surface area contributed by atoms with Crippen LogP contribution in [0.25, 0.3) is 22.5 Å². The molecule has 0 bridgehead atoms. The fraction of sp³-hybridized carbons (Fsp3) is 0.317. The number of pyridine rings is 2. The predicted octanol–water partition coefficient (Wildman–Crippen LogP) is 11.3. The van der Waals surface area contributed by atoms with Crippen LogP contribution in [-0.2, 0) is 10.8 Å². The van der Waals surface area contributed by atoms with Crippen LogP contribution in [0.5, 0.6) is 5.75 Å². The zero-order valence-corrected chi connectivity index (χ0v) is 27.3. The number of nitrogens with zero attached hydrogens (tertiary/aromatic N) is 3. The Balaban J connectivity index is 1.48. The summed E-state index contributed by atoms with van der Waals surface area (Å²) >= 11 is 0. The molecule has 1 aliphatic rings. The van der Waals surface area contributed by atoms with E-state index in [-0.39, 0.29) is 10.8 Å². The van der Waals surface area contributed by atoms with E-state index in [1.807, 2.05) is 24.4 Å². The number of hydrogen-bond donors (Lipinski definition) is 1. The minimum absolute atomic E-state index is 0.00155. The lowest BCUT2D eigenvalue weighted by Gasteiger charge is -2.32. The van der Waals surface area contributed by atoms with Gasteiger partial charge in [0.15, 0.2) is 0 Å². The molecule has 2 heterocycles. The molecule has 1 N–H and O–H groups in total. The van der Waals surface area contributed by atoms with Crippen LogP contribution in [0.3, 0.4) is 0 Å². The maximum absolute atomic E-state index is 11.2. The molecule has 0 saturated carbocycles. The minimum Gasteiger partial charge on any atom is -0.507 e. The molecule has 5 aromatic rings. The van der Waals surface area contributed by atoms with Gasteiger partial charge in [0.05, 0.1) is 11.4 Å².